The summed E-state index contributed by atoms with van der Waals surface area (Å²) in [6.45, 7) is 2.12. The number of sulfonamides is 1. The van der Waals surface area contributed by atoms with Crippen molar-refractivity contribution in [3.8, 4) is 0 Å². The summed E-state index contributed by atoms with van der Waals surface area (Å²) >= 11 is 0. The fraction of sp³-hybridized carbons (Fsp3) is 0.714. The van der Waals surface area contributed by atoms with Crippen molar-refractivity contribution in [2.24, 2.45) is 7.05 Å². The van der Waals surface area contributed by atoms with Crippen LogP contribution in [-0.2, 0) is 17.1 Å². The molecule has 0 unspecified atom stereocenters. The Labute approximate surface area is 121 Å². The molecule has 2 aliphatic rings. The van der Waals surface area contributed by atoms with E-state index in [0.29, 0.717) is 11.4 Å². The molecule has 0 aromatic carbocycles. The Morgan fingerprint density at radius 2 is 2.00 bits per heavy atom. The number of piperazine rings is 1. The van der Waals surface area contributed by atoms with Crippen LogP contribution >= 0.6 is 0 Å². The second-order valence-electron chi connectivity index (χ2n) is 6.05. The molecule has 20 heavy (non-hydrogen) atoms. The molecule has 0 bridgehead atoms. The van der Waals surface area contributed by atoms with Gasteiger partial charge in [-0.25, -0.2) is 8.42 Å². The fourth-order valence-electron chi connectivity index (χ4n) is 3.60. The molecule has 0 atom stereocenters. The predicted molar refractivity (Wildman–Crippen MR) is 78.0 cm³/mol. The van der Waals surface area contributed by atoms with Gasteiger partial charge in [-0.05, 0) is 18.9 Å². The van der Waals surface area contributed by atoms with Gasteiger partial charge < -0.3 is 9.88 Å². The normalized spacial score (nSPS) is 24.1. The van der Waals surface area contributed by atoms with E-state index >= 15 is 0 Å². The van der Waals surface area contributed by atoms with Gasteiger partial charge in [-0.15, -0.1) is 0 Å². The maximum Gasteiger partial charge on any atom is 0.245 e. The van der Waals surface area contributed by atoms with Crippen molar-refractivity contribution in [3.05, 3.63) is 18.5 Å². The quantitative estimate of drug-likeness (QED) is 0.896. The molecule has 1 aromatic heterocycles. The first-order valence-corrected chi connectivity index (χ1v) is 8.84. The lowest BCUT2D eigenvalue weighted by atomic mass is 9.80. The first-order valence-electron chi connectivity index (χ1n) is 7.40. The maximum atomic E-state index is 13.0. The van der Waals surface area contributed by atoms with Crippen molar-refractivity contribution < 1.29 is 8.42 Å². The number of hydrogen-bond acceptors (Lipinski definition) is 3. The van der Waals surface area contributed by atoms with Crippen LogP contribution < -0.4 is 5.32 Å². The first-order chi connectivity index (χ1) is 9.55. The zero-order valence-corrected chi connectivity index (χ0v) is 12.8. The van der Waals surface area contributed by atoms with Gasteiger partial charge in [0.05, 0.1) is 4.90 Å². The Balaban J connectivity index is 1.97. The number of hydrogen-bond donors (Lipinski definition) is 1. The Hall–Kier alpha value is -0.850. The monoisotopic (exact) mass is 297 g/mol. The Morgan fingerprint density at radius 1 is 1.25 bits per heavy atom. The molecule has 2 heterocycles. The molecule has 1 saturated carbocycles. The van der Waals surface area contributed by atoms with E-state index in [1.807, 2.05) is 7.05 Å². The lowest BCUT2D eigenvalue weighted by Gasteiger charge is -2.48. The molecule has 3 rings (SSSR count). The van der Waals surface area contributed by atoms with Gasteiger partial charge in [-0.1, -0.05) is 19.3 Å². The first kappa shape index (κ1) is 14.1. The highest BCUT2D eigenvalue weighted by Crippen LogP contribution is 2.37. The molecule has 112 valence electrons. The van der Waals surface area contributed by atoms with Gasteiger partial charge in [0, 0.05) is 44.6 Å². The summed E-state index contributed by atoms with van der Waals surface area (Å²) in [6, 6.07) is 1.70. The number of nitrogens with zero attached hydrogens (tertiary/aromatic N) is 2. The maximum absolute atomic E-state index is 13.0. The largest absolute Gasteiger partial charge is 0.356 e. The van der Waals surface area contributed by atoms with E-state index < -0.39 is 10.0 Å². The lowest BCUT2D eigenvalue weighted by molar-refractivity contribution is 0.101. The van der Waals surface area contributed by atoms with E-state index in [1.54, 1.807) is 27.3 Å². The standard InChI is InChI=1S/C14H23N3O2S/c1-16-9-5-13(11-16)20(18,19)17-10-8-15-12-14(17)6-3-2-4-7-14/h5,9,11,15H,2-4,6-8,10,12H2,1H3. The minimum Gasteiger partial charge on any atom is -0.356 e. The summed E-state index contributed by atoms with van der Waals surface area (Å²) in [6.07, 6.45) is 8.93. The molecule has 1 saturated heterocycles. The van der Waals surface area contributed by atoms with Gasteiger partial charge in [-0.2, -0.15) is 4.31 Å². The Kier molecular flexibility index (Phi) is 3.64. The lowest BCUT2D eigenvalue weighted by Crippen LogP contribution is -2.63. The molecule has 6 heteroatoms. The van der Waals surface area contributed by atoms with Crippen molar-refractivity contribution in [3.63, 3.8) is 0 Å². The average molecular weight is 297 g/mol. The smallest absolute Gasteiger partial charge is 0.245 e. The van der Waals surface area contributed by atoms with Crippen molar-refractivity contribution in [1.82, 2.24) is 14.2 Å². The van der Waals surface area contributed by atoms with E-state index in [2.05, 4.69) is 5.32 Å². The molecular weight excluding hydrogens is 274 g/mol. The van der Waals surface area contributed by atoms with Gasteiger partial charge in [0.25, 0.3) is 0 Å². The molecule has 0 radical (unpaired) electrons. The number of nitrogens with one attached hydrogen (secondary N) is 1. The van der Waals surface area contributed by atoms with Crippen LogP contribution in [0, 0.1) is 0 Å². The van der Waals surface area contributed by atoms with Crippen LogP contribution in [0.2, 0.25) is 0 Å². The van der Waals surface area contributed by atoms with E-state index in [4.69, 9.17) is 0 Å². The number of rotatable bonds is 2. The van der Waals surface area contributed by atoms with Crippen molar-refractivity contribution in [2.45, 2.75) is 42.5 Å². The topological polar surface area (TPSA) is 54.3 Å². The fourth-order valence-corrected chi connectivity index (χ4v) is 5.47. The minimum atomic E-state index is -3.38. The zero-order valence-electron chi connectivity index (χ0n) is 12.0. The molecule has 5 nitrogen and oxygen atoms in total. The molecule has 1 aliphatic carbocycles. The highest BCUT2D eigenvalue weighted by molar-refractivity contribution is 7.89. The van der Waals surface area contributed by atoms with Crippen molar-refractivity contribution in [2.75, 3.05) is 19.6 Å². The summed E-state index contributed by atoms with van der Waals surface area (Å²) < 4.78 is 29.5. The van der Waals surface area contributed by atoms with Gasteiger partial charge in [0.15, 0.2) is 0 Å². The van der Waals surface area contributed by atoms with E-state index in [1.165, 1.54) is 6.42 Å². The molecule has 1 aliphatic heterocycles. The molecule has 1 spiro atoms. The van der Waals surface area contributed by atoms with Crippen LogP contribution in [0.5, 0.6) is 0 Å². The highest BCUT2D eigenvalue weighted by Gasteiger charge is 2.46. The van der Waals surface area contributed by atoms with Crippen LogP contribution in [0.1, 0.15) is 32.1 Å². The predicted octanol–water partition coefficient (Wildman–Crippen LogP) is 1.32. The Morgan fingerprint density at radius 3 is 2.65 bits per heavy atom. The highest BCUT2D eigenvalue weighted by atomic mass is 32.2. The summed E-state index contributed by atoms with van der Waals surface area (Å²) in [5.41, 5.74) is -0.203. The molecule has 1 aromatic rings. The van der Waals surface area contributed by atoms with Crippen LogP contribution in [0.25, 0.3) is 0 Å². The zero-order chi connectivity index (χ0) is 14.2. The van der Waals surface area contributed by atoms with Crippen LogP contribution in [0.15, 0.2) is 23.4 Å². The molecule has 1 N–H and O–H groups in total. The van der Waals surface area contributed by atoms with Crippen LogP contribution in [0.3, 0.4) is 0 Å². The number of aryl methyl sites for hydroxylation is 1. The molecule has 0 amide bonds. The van der Waals surface area contributed by atoms with Gasteiger partial charge in [0.2, 0.25) is 10.0 Å². The van der Waals surface area contributed by atoms with Crippen molar-refractivity contribution in [1.29, 1.82) is 0 Å². The third kappa shape index (κ3) is 2.29. The average Bonchev–Trinajstić information content (AvgIpc) is 2.87. The van der Waals surface area contributed by atoms with Crippen molar-refractivity contribution >= 4 is 10.0 Å². The molecule has 2 fully saturated rings. The number of aromatic nitrogens is 1. The van der Waals surface area contributed by atoms with Gasteiger partial charge in [0.1, 0.15) is 0 Å². The summed E-state index contributed by atoms with van der Waals surface area (Å²) in [5, 5.41) is 3.39. The third-order valence-corrected chi connectivity index (χ3v) is 6.64. The SMILES string of the molecule is Cn1ccc(S(=O)(=O)N2CCNCC23CCCCC3)c1. The third-order valence-electron chi connectivity index (χ3n) is 4.65. The van der Waals surface area contributed by atoms with Gasteiger partial charge in [-0.3, -0.25) is 0 Å². The summed E-state index contributed by atoms with van der Waals surface area (Å²) in [4.78, 5) is 0.423. The second-order valence-corrected chi connectivity index (χ2v) is 7.91. The van der Waals surface area contributed by atoms with E-state index in [0.717, 1.165) is 38.8 Å². The van der Waals surface area contributed by atoms with E-state index in [9.17, 15) is 8.42 Å². The second kappa shape index (κ2) is 5.16. The Bertz CT molecular complexity index is 565. The van der Waals surface area contributed by atoms with Crippen LogP contribution in [0.4, 0.5) is 0 Å². The molecular formula is C14H23N3O2S. The summed E-state index contributed by atoms with van der Waals surface area (Å²) in [5.74, 6) is 0. The summed E-state index contributed by atoms with van der Waals surface area (Å²) in [7, 11) is -1.52. The van der Waals surface area contributed by atoms with Crippen LogP contribution in [-0.4, -0.2) is 42.5 Å². The minimum absolute atomic E-state index is 0.203. The van der Waals surface area contributed by atoms with E-state index in [-0.39, 0.29) is 5.54 Å². The van der Waals surface area contributed by atoms with Gasteiger partial charge >= 0.3 is 0 Å².